The molecule has 0 saturated carbocycles. The molecule has 0 spiro atoms. The molecule has 5 nitrogen and oxygen atoms in total. The Morgan fingerprint density at radius 3 is 1.67 bits per heavy atom. The van der Waals surface area contributed by atoms with E-state index in [-0.39, 0.29) is 13.2 Å². The lowest BCUT2D eigenvalue weighted by Gasteiger charge is -2.35. The Balaban J connectivity index is 1.74. The topological polar surface area (TPSA) is 79.2 Å². The smallest absolute Gasteiger partial charge is 0.111 e. The van der Waals surface area contributed by atoms with Crippen LogP contribution >= 0.6 is 0 Å². The van der Waals surface area contributed by atoms with Crippen molar-refractivity contribution in [3.63, 3.8) is 0 Å². The van der Waals surface area contributed by atoms with Gasteiger partial charge >= 0.3 is 0 Å². The van der Waals surface area contributed by atoms with Gasteiger partial charge in [0.2, 0.25) is 0 Å². The van der Waals surface area contributed by atoms with Crippen molar-refractivity contribution >= 4 is 0 Å². The summed E-state index contributed by atoms with van der Waals surface area (Å²) in [6.07, 6.45) is 19.3. The molecule has 0 radical (unpaired) electrons. The van der Waals surface area contributed by atoms with Gasteiger partial charge in [0.05, 0.1) is 13.2 Å². The van der Waals surface area contributed by atoms with Crippen LogP contribution in [0.5, 0.6) is 0 Å². The van der Waals surface area contributed by atoms with E-state index in [9.17, 15) is 15.3 Å². The lowest BCUT2D eigenvalue weighted by atomic mass is 10.0. The van der Waals surface area contributed by atoms with Crippen molar-refractivity contribution in [2.75, 3.05) is 19.8 Å². The molecule has 0 aliphatic carbocycles. The third-order valence-electron chi connectivity index (χ3n) is 6.09. The zero-order valence-corrected chi connectivity index (χ0v) is 19.2. The first kappa shape index (κ1) is 27.6. The van der Waals surface area contributed by atoms with E-state index >= 15 is 0 Å². The monoisotopic (exact) mass is 428 g/mol. The van der Waals surface area contributed by atoms with Crippen LogP contribution in [0.2, 0.25) is 0 Å². The first-order chi connectivity index (χ1) is 14.7. The molecular formula is C25H48O5. The lowest BCUT2D eigenvalue weighted by molar-refractivity contribution is -0.199. The van der Waals surface area contributed by atoms with E-state index in [0.29, 0.717) is 6.61 Å². The summed E-state index contributed by atoms with van der Waals surface area (Å²) in [4.78, 5) is 0. The molecule has 178 valence electrons. The normalized spacial score (nSPS) is 24.2. The van der Waals surface area contributed by atoms with Crippen LogP contribution in [0.4, 0.5) is 0 Å². The van der Waals surface area contributed by atoms with Gasteiger partial charge in [-0.3, -0.25) is 0 Å². The van der Waals surface area contributed by atoms with Crippen molar-refractivity contribution < 1.29 is 24.8 Å². The molecule has 1 aliphatic rings. The maximum absolute atomic E-state index is 9.84. The predicted molar refractivity (Wildman–Crippen MR) is 123 cm³/mol. The lowest BCUT2D eigenvalue weighted by Crippen LogP contribution is -2.54. The number of allylic oxidation sites excluding steroid dienone is 1. The maximum atomic E-state index is 9.84. The summed E-state index contributed by atoms with van der Waals surface area (Å²) in [5, 5.41) is 28.9. The number of ether oxygens (including phenoxy) is 2. The second kappa shape index (κ2) is 19.2. The molecule has 0 aromatic carbocycles. The summed E-state index contributed by atoms with van der Waals surface area (Å²) in [5.41, 5.74) is 0. The van der Waals surface area contributed by atoms with Gasteiger partial charge in [-0.2, -0.15) is 0 Å². The molecule has 1 saturated heterocycles. The molecular weight excluding hydrogens is 380 g/mol. The Morgan fingerprint density at radius 1 is 0.700 bits per heavy atom. The number of aliphatic hydroxyl groups is 3. The van der Waals surface area contributed by atoms with Crippen LogP contribution in [0.25, 0.3) is 0 Å². The first-order valence-corrected chi connectivity index (χ1v) is 12.5. The number of hydrogen-bond donors (Lipinski definition) is 3. The maximum Gasteiger partial charge on any atom is 0.111 e. The number of hydrogen-bond acceptors (Lipinski definition) is 5. The van der Waals surface area contributed by atoms with Crippen molar-refractivity contribution in [2.45, 2.75) is 127 Å². The zero-order valence-electron chi connectivity index (χ0n) is 19.2. The van der Waals surface area contributed by atoms with Crippen LogP contribution in [0.3, 0.4) is 0 Å². The Morgan fingerprint density at radius 2 is 1.17 bits per heavy atom. The fourth-order valence-electron chi connectivity index (χ4n) is 4.00. The quantitative estimate of drug-likeness (QED) is 0.190. The van der Waals surface area contributed by atoms with Gasteiger partial charge < -0.3 is 24.8 Å². The molecule has 1 heterocycles. The average Bonchev–Trinajstić information content (AvgIpc) is 2.75. The van der Waals surface area contributed by atoms with Crippen molar-refractivity contribution in [3.8, 4) is 0 Å². The fourth-order valence-corrected chi connectivity index (χ4v) is 4.00. The molecule has 0 bridgehead atoms. The molecule has 1 aliphatic heterocycles. The van der Waals surface area contributed by atoms with Gasteiger partial charge in [0, 0.05) is 6.61 Å². The van der Waals surface area contributed by atoms with Gasteiger partial charge in [0.25, 0.3) is 0 Å². The Kier molecular flexibility index (Phi) is 17.7. The van der Waals surface area contributed by atoms with Crippen LogP contribution in [0.15, 0.2) is 12.7 Å². The zero-order chi connectivity index (χ0) is 21.9. The van der Waals surface area contributed by atoms with E-state index in [4.69, 9.17) is 9.47 Å². The summed E-state index contributed by atoms with van der Waals surface area (Å²) in [6.45, 7) is 4.73. The molecule has 0 aromatic rings. The standard InChI is InChI=1S/C25H48O5/c1-2-3-4-5-6-7-8-9-10-11-12-13-14-15-16-17-18-19-29-21-23-25(28)24(27)22(26)20-30-23/h2,22-28H,1,3-21H2/t22-,23+,24+,25+/m1/s1. The minimum atomic E-state index is -1.15. The summed E-state index contributed by atoms with van der Waals surface area (Å²) < 4.78 is 10.9. The highest BCUT2D eigenvalue weighted by atomic mass is 16.6. The fraction of sp³-hybridized carbons (Fsp3) is 0.920. The van der Waals surface area contributed by atoms with E-state index in [1.54, 1.807) is 0 Å². The Bertz CT molecular complexity index is 390. The van der Waals surface area contributed by atoms with Crippen LogP contribution in [-0.4, -0.2) is 59.6 Å². The Labute approximate surface area is 184 Å². The average molecular weight is 429 g/mol. The van der Waals surface area contributed by atoms with E-state index in [0.717, 1.165) is 6.42 Å². The van der Waals surface area contributed by atoms with Crippen LogP contribution in [0, 0.1) is 0 Å². The molecule has 1 rings (SSSR count). The van der Waals surface area contributed by atoms with Crippen molar-refractivity contribution in [1.82, 2.24) is 0 Å². The van der Waals surface area contributed by atoms with Crippen molar-refractivity contribution in [2.24, 2.45) is 0 Å². The van der Waals surface area contributed by atoms with Crippen LogP contribution < -0.4 is 0 Å². The summed E-state index contributed by atoms with van der Waals surface area (Å²) in [7, 11) is 0. The third kappa shape index (κ3) is 13.8. The number of aliphatic hydroxyl groups excluding tert-OH is 3. The molecule has 1 fully saturated rings. The second-order valence-electron chi connectivity index (χ2n) is 8.88. The highest BCUT2D eigenvalue weighted by Crippen LogP contribution is 2.16. The van der Waals surface area contributed by atoms with Gasteiger partial charge in [-0.1, -0.05) is 89.5 Å². The number of unbranched alkanes of at least 4 members (excludes halogenated alkanes) is 15. The van der Waals surface area contributed by atoms with Gasteiger partial charge in [-0.15, -0.1) is 6.58 Å². The minimum Gasteiger partial charge on any atom is -0.388 e. The van der Waals surface area contributed by atoms with E-state index in [1.807, 2.05) is 6.08 Å². The molecule has 0 aromatic heterocycles. The summed E-state index contributed by atoms with van der Waals surface area (Å²) >= 11 is 0. The first-order valence-electron chi connectivity index (χ1n) is 12.5. The highest BCUT2D eigenvalue weighted by Gasteiger charge is 2.37. The molecule has 0 unspecified atom stereocenters. The molecule has 5 heteroatoms. The minimum absolute atomic E-state index is 0.0443. The van der Waals surface area contributed by atoms with Gasteiger partial charge in [-0.05, 0) is 19.3 Å². The number of rotatable bonds is 20. The van der Waals surface area contributed by atoms with Crippen LogP contribution in [-0.2, 0) is 9.47 Å². The molecule has 3 N–H and O–H groups in total. The SMILES string of the molecule is C=CCCCCCCCCCCCCCCCCCOC[C@@H]1OC[C@@H](O)[C@H](O)[C@H]1O. The van der Waals surface area contributed by atoms with Gasteiger partial charge in [-0.25, -0.2) is 0 Å². The van der Waals surface area contributed by atoms with E-state index in [2.05, 4.69) is 6.58 Å². The molecule has 4 atom stereocenters. The van der Waals surface area contributed by atoms with Crippen molar-refractivity contribution in [1.29, 1.82) is 0 Å². The van der Waals surface area contributed by atoms with E-state index in [1.165, 1.54) is 96.3 Å². The summed E-state index contributed by atoms with van der Waals surface area (Å²) in [5.74, 6) is 0. The summed E-state index contributed by atoms with van der Waals surface area (Å²) in [6, 6.07) is 0. The van der Waals surface area contributed by atoms with Crippen LogP contribution in [0.1, 0.15) is 103 Å². The second-order valence-corrected chi connectivity index (χ2v) is 8.88. The van der Waals surface area contributed by atoms with Crippen molar-refractivity contribution in [3.05, 3.63) is 12.7 Å². The predicted octanol–water partition coefficient (Wildman–Crippen LogP) is 4.91. The molecule has 0 amide bonds. The highest BCUT2D eigenvalue weighted by molar-refractivity contribution is 4.86. The largest absolute Gasteiger partial charge is 0.388 e. The van der Waals surface area contributed by atoms with Gasteiger partial charge in [0.15, 0.2) is 0 Å². The molecule has 30 heavy (non-hydrogen) atoms. The Hall–Kier alpha value is -0.460. The van der Waals surface area contributed by atoms with Gasteiger partial charge in [0.1, 0.15) is 24.4 Å². The van der Waals surface area contributed by atoms with E-state index < -0.39 is 24.4 Å². The third-order valence-corrected chi connectivity index (χ3v) is 6.09.